The molecule has 2 aromatic carbocycles. The number of ether oxygens (including phenoxy) is 3. The maximum absolute atomic E-state index is 12.9. The molecule has 0 spiro atoms. The first-order valence-electron chi connectivity index (χ1n) is 9.79. The van der Waals surface area contributed by atoms with Crippen LogP contribution in [0, 0.1) is 0 Å². The van der Waals surface area contributed by atoms with Crippen LogP contribution in [0.2, 0.25) is 0 Å². The molecule has 1 fully saturated rings. The number of likely N-dealkylation sites (tertiary alicyclic amines) is 1. The summed E-state index contributed by atoms with van der Waals surface area (Å²) in [5.74, 6) is 1.57. The average Bonchev–Trinajstić information content (AvgIpc) is 2.79. The first kappa shape index (κ1) is 20.0. The fourth-order valence-corrected chi connectivity index (χ4v) is 3.70. The molecule has 7 heteroatoms. The van der Waals surface area contributed by atoms with E-state index in [0.29, 0.717) is 35.8 Å². The number of hydrogen-bond donors (Lipinski definition) is 1. The number of hydrogen-bond acceptors (Lipinski definition) is 6. The van der Waals surface area contributed by atoms with E-state index in [4.69, 9.17) is 14.2 Å². The highest BCUT2D eigenvalue weighted by Gasteiger charge is 2.32. The highest BCUT2D eigenvalue weighted by atomic mass is 16.5. The van der Waals surface area contributed by atoms with Crippen molar-refractivity contribution in [1.29, 1.82) is 0 Å². The normalized spacial score (nSPS) is 18.8. The summed E-state index contributed by atoms with van der Waals surface area (Å²) in [6, 6.07) is 12.8. The van der Waals surface area contributed by atoms with Gasteiger partial charge in [0.2, 0.25) is 0 Å². The fourth-order valence-electron chi connectivity index (χ4n) is 3.70. The summed E-state index contributed by atoms with van der Waals surface area (Å²) in [5, 5.41) is 12.7. The zero-order valence-electron chi connectivity index (χ0n) is 16.9. The number of pyridine rings is 1. The van der Waals surface area contributed by atoms with Crippen molar-refractivity contribution in [2.24, 2.45) is 0 Å². The molecule has 2 heterocycles. The van der Waals surface area contributed by atoms with Gasteiger partial charge in [0.1, 0.15) is 18.0 Å². The third-order valence-corrected chi connectivity index (χ3v) is 5.34. The molecule has 0 bridgehead atoms. The smallest absolute Gasteiger partial charge is 0.254 e. The molecule has 1 saturated heterocycles. The minimum atomic E-state index is -0.785. The van der Waals surface area contributed by atoms with Crippen molar-refractivity contribution in [3.8, 4) is 17.2 Å². The van der Waals surface area contributed by atoms with Crippen molar-refractivity contribution in [3.63, 3.8) is 0 Å². The topological polar surface area (TPSA) is 81.1 Å². The van der Waals surface area contributed by atoms with Crippen molar-refractivity contribution in [2.75, 3.05) is 27.3 Å². The molecule has 30 heavy (non-hydrogen) atoms. The molecular formula is C23H24N2O5. The average molecular weight is 408 g/mol. The Hall–Kier alpha value is -3.32. The highest BCUT2D eigenvalue weighted by Crippen LogP contribution is 2.29. The molecule has 0 aliphatic carbocycles. The van der Waals surface area contributed by atoms with E-state index in [1.807, 2.05) is 24.3 Å². The lowest BCUT2D eigenvalue weighted by Crippen LogP contribution is -2.51. The van der Waals surface area contributed by atoms with Crippen LogP contribution in [0.25, 0.3) is 10.8 Å². The molecule has 0 unspecified atom stereocenters. The number of β-amino-alcohol motifs (C(OH)–C–C–N with tert-alkyl or cyclic N) is 1. The Morgan fingerprint density at radius 2 is 1.90 bits per heavy atom. The Morgan fingerprint density at radius 3 is 2.67 bits per heavy atom. The SMILES string of the molecule is COc1ccc(C(=O)N2CC[C@@H](Oc3ccc4ccncc4c3)[C@H](O)C2)cc1OC. The van der Waals surface area contributed by atoms with Gasteiger partial charge in [0.05, 0.1) is 20.8 Å². The zero-order chi connectivity index (χ0) is 21.1. The summed E-state index contributed by atoms with van der Waals surface area (Å²) in [6.07, 6.45) is 2.90. The second kappa shape index (κ2) is 8.59. The Bertz CT molecular complexity index is 1050. The van der Waals surface area contributed by atoms with Crippen LogP contribution in [-0.2, 0) is 0 Å². The second-order valence-corrected chi connectivity index (χ2v) is 7.22. The molecule has 156 valence electrons. The molecule has 1 aliphatic heterocycles. The van der Waals surface area contributed by atoms with Crippen LogP contribution in [0.1, 0.15) is 16.8 Å². The quantitative estimate of drug-likeness (QED) is 0.699. The third kappa shape index (κ3) is 4.02. The molecule has 4 rings (SSSR count). The molecule has 0 saturated carbocycles. The molecule has 3 aromatic rings. The molecule has 1 aromatic heterocycles. The van der Waals surface area contributed by atoms with Crippen LogP contribution in [0.3, 0.4) is 0 Å². The van der Waals surface area contributed by atoms with Crippen molar-refractivity contribution in [1.82, 2.24) is 9.88 Å². The largest absolute Gasteiger partial charge is 0.493 e. The van der Waals surface area contributed by atoms with Gasteiger partial charge in [-0.05, 0) is 41.8 Å². The summed E-state index contributed by atoms with van der Waals surface area (Å²) in [4.78, 5) is 18.7. The van der Waals surface area contributed by atoms with Crippen LogP contribution in [0.5, 0.6) is 17.2 Å². The zero-order valence-corrected chi connectivity index (χ0v) is 16.9. The van der Waals surface area contributed by atoms with E-state index in [-0.39, 0.29) is 18.6 Å². The van der Waals surface area contributed by atoms with Crippen molar-refractivity contribution in [3.05, 3.63) is 60.4 Å². The van der Waals surface area contributed by atoms with Crippen LogP contribution in [0.4, 0.5) is 0 Å². The van der Waals surface area contributed by atoms with Gasteiger partial charge >= 0.3 is 0 Å². The summed E-state index contributed by atoms with van der Waals surface area (Å²) >= 11 is 0. The molecule has 2 atom stereocenters. The standard InChI is InChI=1S/C23H24N2O5/c1-28-21-6-4-16(12-22(21)29-2)23(27)25-10-8-20(19(26)14-25)30-18-5-3-15-7-9-24-13-17(15)11-18/h3-7,9,11-13,19-20,26H,8,10,14H2,1-2H3/t19-,20-/m1/s1. The number of carbonyl (C=O) groups is 1. The van der Waals surface area contributed by atoms with Gasteiger partial charge in [-0.3, -0.25) is 9.78 Å². The van der Waals surface area contributed by atoms with Crippen molar-refractivity contribution in [2.45, 2.75) is 18.6 Å². The van der Waals surface area contributed by atoms with Crippen molar-refractivity contribution < 1.29 is 24.1 Å². The molecule has 1 N–H and O–H groups in total. The van der Waals surface area contributed by atoms with Gasteiger partial charge in [0.25, 0.3) is 5.91 Å². The summed E-state index contributed by atoms with van der Waals surface area (Å²) < 4.78 is 16.5. The number of amides is 1. The summed E-state index contributed by atoms with van der Waals surface area (Å²) in [6.45, 7) is 0.691. The third-order valence-electron chi connectivity index (χ3n) is 5.34. The van der Waals surface area contributed by atoms with E-state index < -0.39 is 6.10 Å². The number of nitrogens with zero attached hydrogens (tertiary/aromatic N) is 2. The van der Waals surface area contributed by atoms with Gasteiger partial charge in [0.15, 0.2) is 11.5 Å². The molecule has 1 amide bonds. The number of aliphatic hydroxyl groups excluding tert-OH is 1. The molecular weight excluding hydrogens is 384 g/mol. The maximum Gasteiger partial charge on any atom is 0.254 e. The van der Waals surface area contributed by atoms with Crippen LogP contribution >= 0.6 is 0 Å². The Balaban J connectivity index is 1.42. The lowest BCUT2D eigenvalue weighted by atomic mass is 10.0. The number of carbonyl (C=O) groups excluding carboxylic acids is 1. The first-order chi connectivity index (χ1) is 14.6. The second-order valence-electron chi connectivity index (χ2n) is 7.22. The van der Waals surface area contributed by atoms with Gasteiger partial charge in [-0.1, -0.05) is 6.07 Å². The van der Waals surface area contributed by atoms with E-state index in [1.165, 1.54) is 7.11 Å². The van der Waals surface area contributed by atoms with Crippen LogP contribution in [0.15, 0.2) is 54.9 Å². The van der Waals surface area contributed by atoms with Gasteiger partial charge in [0, 0.05) is 36.3 Å². The summed E-state index contributed by atoms with van der Waals surface area (Å²) in [7, 11) is 3.08. The number of rotatable bonds is 5. The number of benzene rings is 2. The molecule has 0 radical (unpaired) electrons. The predicted molar refractivity (Wildman–Crippen MR) is 112 cm³/mol. The monoisotopic (exact) mass is 408 g/mol. The van der Waals surface area contributed by atoms with Gasteiger partial charge in [-0.2, -0.15) is 0 Å². The number of aromatic nitrogens is 1. The Labute approximate surface area is 174 Å². The Kier molecular flexibility index (Phi) is 5.72. The number of aliphatic hydroxyl groups is 1. The fraction of sp³-hybridized carbons (Fsp3) is 0.304. The van der Waals surface area contributed by atoms with E-state index in [9.17, 15) is 9.90 Å². The van der Waals surface area contributed by atoms with Gasteiger partial charge < -0.3 is 24.2 Å². The lowest BCUT2D eigenvalue weighted by molar-refractivity contribution is -0.0198. The van der Waals surface area contributed by atoms with Gasteiger partial charge in [-0.25, -0.2) is 0 Å². The van der Waals surface area contributed by atoms with E-state index in [0.717, 1.165) is 10.8 Å². The lowest BCUT2D eigenvalue weighted by Gasteiger charge is -2.36. The van der Waals surface area contributed by atoms with E-state index in [2.05, 4.69) is 4.98 Å². The Morgan fingerprint density at radius 1 is 1.07 bits per heavy atom. The number of methoxy groups -OCH3 is 2. The van der Waals surface area contributed by atoms with Crippen LogP contribution in [-0.4, -0.2) is 60.4 Å². The van der Waals surface area contributed by atoms with Gasteiger partial charge in [-0.15, -0.1) is 0 Å². The van der Waals surface area contributed by atoms with E-state index in [1.54, 1.807) is 42.6 Å². The number of piperidine rings is 1. The minimum Gasteiger partial charge on any atom is -0.493 e. The maximum atomic E-state index is 12.9. The molecule has 1 aliphatic rings. The van der Waals surface area contributed by atoms with Crippen LogP contribution < -0.4 is 14.2 Å². The number of fused-ring (bicyclic) bond motifs is 1. The first-order valence-corrected chi connectivity index (χ1v) is 9.79. The molecule has 7 nitrogen and oxygen atoms in total. The predicted octanol–water partition coefficient (Wildman–Crippen LogP) is 2.91. The van der Waals surface area contributed by atoms with E-state index >= 15 is 0 Å². The highest BCUT2D eigenvalue weighted by molar-refractivity contribution is 5.95. The summed E-state index contributed by atoms with van der Waals surface area (Å²) in [5.41, 5.74) is 0.487. The minimum absolute atomic E-state index is 0.162. The van der Waals surface area contributed by atoms with Crippen molar-refractivity contribution >= 4 is 16.7 Å².